The molecule has 21 heavy (non-hydrogen) atoms. The van der Waals surface area contributed by atoms with E-state index in [-0.39, 0.29) is 17.3 Å². The Bertz CT molecular complexity index is 701. The molecule has 0 aliphatic heterocycles. The zero-order valence-electron chi connectivity index (χ0n) is 10.7. The molecule has 1 fully saturated rings. The first-order valence-corrected chi connectivity index (χ1v) is 6.27. The first kappa shape index (κ1) is 13.5. The number of nitrogen functional groups attached to an aromatic ring is 1. The van der Waals surface area contributed by atoms with Crippen molar-refractivity contribution >= 4 is 17.3 Å². The van der Waals surface area contributed by atoms with E-state index in [0.29, 0.717) is 17.8 Å². The maximum Gasteiger partial charge on any atom is 0.278 e. The van der Waals surface area contributed by atoms with E-state index in [2.05, 4.69) is 10.2 Å². The number of hydrogen-bond donors (Lipinski definition) is 3. The SMILES string of the molecule is Nc1c(C(=O)Nc2c(F)cc(F)cc2F)n[nH]c1C1CC1. The highest BCUT2D eigenvalue weighted by Gasteiger charge is 2.30. The number of nitrogens with zero attached hydrogens (tertiary/aromatic N) is 1. The molecule has 0 radical (unpaired) electrons. The molecule has 3 rings (SSSR count). The number of nitrogens with one attached hydrogen (secondary N) is 2. The smallest absolute Gasteiger partial charge is 0.278 e. The Balaban J connectivity index is 1.87. The molecule has 1 aliphatic rings. The number of H-pyrrole nitrogens is 1. The number of rotatable bonds is 3. The van der Waals surface area contributed by atoms with Crippen molar-refractivity contribution in [3.63, 3.8) is 0 Å². The van der Waals surface area contributed by atoms with E-state index >= 15 is 0 Å². The van der Waals surface area contributed by atoms with Crippen LogP contribution in [0.2, 0.25) is 0 Å². The molecule has 0 unspecified atom stereocenters. The number of anilines is 2. The summed E-state index contributed by atoms with van der Waals surface area (Å²) in [6.45, 7) is 0. The van der Waals surface area contributed by atoms with Gasteiger partial charge < -0.3 is 11.1 Å². The lowest BCUT2D eigenvalue weighted by Crippen LogP contribution is -2.16. The van der Waals surface area contributed by atoms with E-state index in [4.69, 9.17) is 5.73 Å². The van der Waals surface area contributed by atoms with Gasteiger partial charge in [0.05, 0.1) is 11.4 Å². The number of hydrogen-bond acceptors (Lipinski definition) is 3. The molecule has 1 saturated carbocycles. The predicted octanol–water partition coefficient (Wildman–Crippen LogP) is 2.54. The van der Waals surface area contributed by atoms with Crippen molar-refractivity contribution < 1.29 is 18.0 Å². The van der Waals surface area contributed by atoms with Crippen LogP contribution in [0.1, 0.15) is 34.9 Å². The van der Waals surface area contributed by atoms with Gasteiger partial charge in [0.15, 0.2) is 17.3 Å². The van der Waals surface area contributed by atoms with E-state index in [1.807, 2.05) is 5.32 Å². The van der Waals surface area contributed by atoms with E-state index in [0.717, 1.165) is 12.8 Å². The van der Waals surface area contributed by atoms with Crippen LogP contribution in [0.15, 0.2) is 12.1 Å². The minimum atomic E-state index is -1.21. The van der Waals surface area contributed by atoms with Crippen molar-refractivity contribution in [1.82, 2.24) is 10.2 Å². The largest absolute Gasteiger partial charge is 0.395 e. The number of halogens is 3. The fraction of sp³-hybridized carbons (Fsp3) is 0.231. The summed E-state index contributed by atoms with van der Waals surface area (Å²) in [6.07, 6.45) is 1.91. The normalized spacial score (nSPS) is 14.2. The maximum absolute atomic E-state index is 13.5. The van der Waals surface area contributed by atoms with Gasteiger partial charge in [0.2, 0.25) is 0 Å². The summed E-state index contributed by atoms with van der Waals surface area (Å²) in [4.78, 5) is 12.0. The molecule has 8 heteroatoms. The maximum atomic E-state index is 13.5. The Morgan fingerprint density at radius 2 is 1.90 bits per heavy atom. The molecule has 1 aromatic carbocycles. The second-order valence-corrected chi connectivity index (χ2v) is 4.87. The van der Waals surface area contributed by atoms with Gasteiger partial charge >= 0.3 is 0 Å². The zero-order chi connectivity index (χ0) is 15.1. The number of carbonyl (C=O) groups excluding carboxylic acids is 1. The topological polar surface area (TPSA) is 83.8 Å². The quantitative estimate of drug-likeness (QED) is 0.813. The highest BCUT2D eigenvalue weighted by molar-refractivity contribution is 6.06. The number of aromatic amines is 1. The highest BCUT2D eigenvalue weighted by atomic mass is 19.1. The van der Waals surface area contributed by atoms with Gasteiger partial charge in [-0.05, 0) is 12.8 Å². The summed E-state index contributed by atoms with van der Waals surface area (Å²) in [7, 11) is 0. The Kier molecular flexibility index (Phi) is 3.08. The van der Waals surface area contributed by atoms with E-state index in [9.17, 15) is 18.0 Å². The Hall–Kier alpha value is -2.51. The second-order valence-electron chi connectivity index (χ2n) is 4.87. The summed E-state index contributed by atoms with van der Waals surface area (Å²) >= 11 is 0. The number of nitrogens with two attached hydrogens (primary N) is 1. The summed E-state index contributed by atoms with van der Waals surface area (Å²) < 4.78 is 39.8. The van der Waals surface area contributed by atoms with Crippen LogP contribution >= 0.6 is 0 Å². The van der Waals surface area contributed by atoms with E-state index in [1.54, 1.807) is 0 Å². The number of aromatic nitrogens is 2. The van der Waals surface area contributed by atoms with Gasteiger partial charge in [-0.15, -0.1) is 0 Å². The summed E-state index contributed by atoms with van der Waals surface area (Å²) in [5.74, 6) is -4.11. The predicted molar refractivity (Wildman–Crippen MR) is 69.2 cm³/mol. The zero-order valence-corrected chi connectivity index (χ0v) is 10.7. The highest BCUT2D eigenvalue weighted by Crippen LogP contribution is 2.42. The first-order chi connectivity index (χ1) is 9.97. The molecule has 110 valence electrons. The van der Waals surface area contributed by atoms with Crippen LogP contribution in [0.25, 0.3) is 0 Å². The molecule has 0 saturated heterocycles. The van der Waals surface area contributed by atoms with Gasteiger partial charge in [-0.2, -0.15) is 5.10 Å². The fourth-order valence-corrected chi connectivity index (χ4v) is 2.05. The van der Waals surface area contributed by atoms with Crippen molar-refractivity contribution in [3.05, 3.63) is 41.0 Å². The monoisotopic (exact) mass is 296 g/mol. The van der Waals surface area contributed by atoms with Crippen molar-refractivity contribution in [3.8, 4) is 0 Å². The first-order valence-electron chi connectivity index (χ1n) is 6.27. The third-order valence-corrected chi connectivity index (χ3v) is 3.28. The summed E-state index contributed by atoms with van der Waals surface area (Å²) in [6, 6.07) is 0.949. The van der Waals surface area contributed by atoms with Crippen molar-refractivity contribution in [2.24, 2.45) is 0 Å². The molecule has 2 aromatic rings. The molecule has 1 aliphatic carbocycles. The molecule has 0 bridgehead atoms. The molecular formula is C13H11F3N4O. The third kappa shape index (κ3) is 2.44. The minimum Gasteiger partial charge on any atom is -0.395 e. The molecule has 1 aromatic heterocycles. The minimum absolute atomic E-state index is 0.139. The standard InChI is InChI=1S/C13H11F3N4O/c14-6-3-7(15)11(8(16)4-6)18-13(21)12-9(17)10(19-20-12)5-1-2-5/h3-5H,1-2,17H2,(H,18,21)(H,19,20). The fourth-order valence-electron chi connectivity index (χ4n) is 2.05. The van der Waals surface area contributed by atoms with Crippen molar-refractivity contribution in [2.45, 2.75) is 18.8 Å². The molecule has 0 spiro atoms. The van der Waals surface area contributed by atoms with Crippen LogP contribution in [-0.4, -0.2) is 16.1 Å². The Labute approximate surface area is 117 Å². The molecule has 5 nitrogen and oxygen atoms in total. The molecular weight excluding hydrogens is 285 g/mol. The molecule has 1 amide bonds. The average Bonchev–Trinajstić information content (AvgIpc) is 3.17. The lowest BCUT2D eigenvalue weighted by Gasteiger charge is -2.07. The van der Waals surface area contributed by atoms with Gasteiger partial charge in [0, 0.05) is 18.1 Å². The molecule has 0 atom stereocenters. The van der Waals surface area contributed by atoms with Crippen LogP contribution in [-0.2, 0) is 0 Å². The van der Waals surface area contributed by atoms with Gasteiger partial charge in [-0.25, -0.2) is 13.2 Å². The Morgan fingerprint density at radius 3 is 2.48 bits per heavy atom. The van der Waals surface area contributed by atoms with Crippen LogP contribution < -0.4 is 11.1 Å². The van der Waals surface area contributed by atoms with Crippen molar-refractivity contribution in [1.29, 1.82) is 0 Å². The van der Waals surface area contributed by atoms with Crippen LogP contribution in [0.3, 0.4) is 0 Å². The number of carbonyl (C=O) groups is 1. The lowest BCUT2D eigenvalue weighted by atomic mass is 10.2. The second kappa shape index (κ2) is 4.80. The van der Waals surface area contributed by atoms with Crippen LogP contribution in [0.4, 0.5) is 24.5 Å². The van der Waals surface area contributed by atoms with Crippen LogP contribution in [0.5, 0.6) is 0 Å². The van der Waals surface area contributed by atoms with E-state index < -0.39 is 29.0 Å². The molecule has 1 heterocycles. The summed E-state index contributed by atoms with van der Waals surface area (Å²) in [5.41, 5.74) is 5.74. The number of amides is 1. The average molecular weight is 296 g/mol. The molecule has 4 N–H and O–H groups in total. The third-order valence-electron chi connectivity index (χ3n) is 3.28. The Morgan fingerprint density at radius 1 is 1.29 bits per heavy atom. The van der Waals surface area contributed by atoms with Gasteiger partial charge in [-0.3, -0.25) is 9.89 Å². The summed E-state index contributed by atoms with van der Waals surface area (Å²) in [5, 5.41) is 8.44. The van der Waals surface area contributed by atoms with Gasteiger partial charge in [0.25, 0.3) is 5.91 Å². The van der Waals surface area contributed by atoms with E-state index in [1.165, 1.54) is 0 Å². The number of benzene rings is 1. The van der Waals surface area contributed by atoms with Gasteiger partial charge in [-0.1, -0.05) is 0 Å². The lowest BCUT2D eigenvalue weighted by molar-refractivity contribution is 0.102. The van der Waals surface area contributed by atoms with Crippen LogP contribution in [0, 0.1) is 17.5 Å². The van der Waals surface area contributed by atoms with Crippen molar-refractivity contribution in [2.75, 3.05) is 11.1 Å². The van der Waals surface area contributed by atoms with Gasteiger partial charge in [0.1, 0.15) is 11.5 Å².